The van der Waals surface area contributed by atoms with Crippen molar-refractivity contribution in [2.75, 3.05) is 11.9 Å². The summed E-state index contributed by atoms with van der Waals surface area (Å²) in [5.74, 6) is 0.594. The molecule has 0 saturated carbocycles. The summed E-state index contributed by atoms with van der Waals surface area (Å²) in [4.78, 5) is 30.5. The van der Waals surface area contributed by atoms with Gasteiger partial charge < -0.3 is 14.4 Å². The number of amides is 1. The molecule has 1 amide bonds. The lowest BCUT2D eigenvalue weighted by Crippen LogP contribution is -2.36. The second-order valence-corrected chi connectivity index (χ2v) is 8.51. The van der Waals surface area contributed by atoms with Gasteiger partial charge in [-0.05, 0) is 48.5 Å². The van der Waals surface area contributed by atoms with E-state index in [0.717, 1.165) is 11.4 Å². The van der Waals surface area contributed by atoms with E-state index in [2.05, 4.69) is 4.98 Å². The molecule has 0 spiro atoms. The largest absolute Gasteiger partial charge is 0.487 e. The second kappa shape index (κ2) is 9.09. The summed E-state index contributed by atoms with van der Waals surface area (Å²) >= 11 is 1.51. The van der Waals surface area contributed by atoms with Crippen molar-refractivity contribution < 1.29 is 19.1 Å². The molecule has 6 nitrogen and oxygen atoms in total. The van der Waals surface area contributed by atoms with Gasteiger partial charge >= 0.3 is 5.97 Å². The summed E-state index contributed by atoms with van der Waals surface area (Å²) < 4.78 is 11.1. The Labute approximate surface area is 180 Å². The normalized spacial score (nSPS) is 11.1. The molecule has 0 aliphatic heterocycles. The molecule has 2 aromatic carbocycles. The first kappa shape index (κ1) is 21.5. The third kappa shape index (κ3) is 5.45. The predicted molar refractivity (Wildman–Crippen MR) is 117 cm³/mol. The maximum Gasteiger partial charge on any atom is 0.343 e. The number of carbonyl (C=O) groups is 2. The molecule has 0 aliphatic rings. The predicted octanol–water partition coefficient (Wildman–Crippen LogP) is 4.95. The zero-order valence-electron chi connectivity index (χ0n) is 17.4. The van der Waals surface area contributed by atoms with Gasteiger partial charge in [0, 0.05) is 23.5 Å². The minimum atomic E-state index is -0.476. The van der Waals surface area contributed by atoms with Crippen LogP contribution in [0.15, 0.2) is 59.4 Å². The van der Waals surface area contributed by atoms with Crippen molar-refractivity contribution in [1.29, 1.82) is 0 Å². The Bertz CT molecular complexity index is 991. The summed E-state index contributed by atoms with van der Waals surface area (Å²) in [5, 5.41) is 1.92. The van der Waals surface area contributed by atoms with Crippen molar-refractivity contribution in [3.63, 3.8) is 0 Å². The van der Waals surface area contributed by atoms with Crippen LogP contribution in [0.5, 0.6) is 11.5 Å². The SMILES string of the molecule is CN(C(=O)C(C)(C)C)c1ccc(OC(=O)c2ccc(OCc3cscn3)cc2)cc1. The number of benzene rings is 2. The number of ether oxygens (including phenoxy) is 2. The number of aromatic nitrogens is 1. The highest BCUT2D eigenvalue weighted by atomic mass is 32.1. The van der Waals surface area contributed by atoms with Gasteiger partial charge in [-0.2, -0.15) is 0 Å². The maximum absolute atomic E-state index is 12.4. The Morgan fingerprint density at radius 3 is 2.20 bits per heavy atom. The first-order chi connectivity index (χ1) is 14.2. The summed E-state index contributed by atoms with van der Waals surface area (Å²) in [6.45, 7) is 6.00. The maximum atomic E-state index is 12.4. The van der Waals surface area contributed by atoms with Gasteiger partial charge in [-0.1, -0.05) is 20.8 Å². The van der Waals surface area contributed by atoms with Crippen LogP contribution < -0.4 is 14.4 Å². The van der Waals surface area contributed by atoms with Crippen LogP contribution in [-0.4, -0.2) is 23.9 Å². The van der Waals surface area contributed by atoms with E-state index in [4.69, 9.17) is 9.47 Å². The number of carbonyl (C=O) groups excluding carboxylic acids is 2. The van der Waals surface area contributed by atoms with Gasteiger partial charge in [-0.3, -0.25) is 4.79 Å². The van der Waals surface area contributed by atoms with Crippen LogP contribution in [-0.2, 0) is 11.4 Å². The summed E-state index contributed by atoms with van der Waals surface area (Å²) in [6.07, 6.45) is 0. The van der Waals surface area contributed by atoms with Crippen molar-refractivity contribution >= 4 is 28.9 Å². The molecule has 0 radical (unpaired) electrons. The van der Waals surface area contributed by atoms with Crippen molar-refractivity contribution in [1.82, 2.24) is 4.98 Å². The smallest absolute Gasteiger partial charge is 0.343 e. The van der Waals surface area contributed by atoms with Crippen LogP contribution in [0, 0.1) is 5.41 Å². The Morgan fingerprint density at radius 1 is 1.00 bits per heavy atom. The fraction of sp³-hybridized carbons (Fsp3) is 0.261. The molecule has 0 saturated heterocycles. The minimum absolute atomic E-state index is 0.00401. The highest BCUT2D eigenvalue weighted by Gasteiger charge is 2.25. The fourth-order valence-corrected chi connectivity index (χ4v) is 3.22. The molecule has 156 valence electrons. The lowest BCUT2D eigenvalue weighted by atomic mass is 9.95. The van der Waals surface area contributed by atoms with Gasteiger partial charge in [-0.25, -0.2) is 9.78 Å². The molecule has 3 rings (SSSR count). The van der Waals surface area contributed by atoms with Crippen molar-refractivity contribution in [2.24, 2.45) is 5.41 Å². The Hall–Kier alpha value is -3.19. The lowest BCUT2D eigenvalue weighted by Gasteiger charge is -2.26. The highest BCUT2D eigenvalue weighted by molar-refractivity contribution is 7.07. The van der Waals surface area contributed by atoms with Gasteiger partial charge in [0.2, 0.25) is 5.91 Å². The summed E-state index contributed by atoms with van der Waals surface area (Å²) in [5.41, 5.74) is 3.29. The minimum Gasteiger partial charge on any atom is -0.487 e. The zero-order chi connectivity index (χ0) is 21.7. The third-order valence-electron chi connectivity index (χ3n) is 4.34. The first-order valence-corrected chi connectivity index (χ1v) is 10.4. The molecule has 30 heavy (non-hydrogen) atoms. The number of rotatable bonds is 6. The number of anilines is 1. The Kier molecular flexibility index (Phi) is 6.52. The van der Waals surface area contributed by atoms with E-state index in [1.54, 1.807) is 66.0 Å². The van der Waals surface area contributed by atoms with Crippen LogP contribution >= 0.6 is 11.3 Å². The van der Waals surface area contributed by atoms with Crippen molar-refractivity contribution in [3.05, 3.63) is 70.7 Å². The van der Waals surface area contributed by atoms with Gasteiger partial charge in [-0.15, -0.1) is 11.3 Å². The molecule has 3 aromatic rings. The molecule has 0 atom stereocenters. The molecular weight excluding hydrogens is 400 g/mol. The lowest BCUT2D eigenvalue weighted by molar-refractivity contribution is -0.125. The topological polar surface area (TPSA) is 68.7 Å². The van der Waals surface area contributed by atoms with E-state index in [1.165, 1.54) is 11.3 Å². The van der Waals surface area contributed by atoms with Crippen molar-refractivity contribution in [3.8, 4) is 11.5 Å². The third-order valence-corrected chi connectivity index (χ3v) is 4.98. The van der Waals surface area contributed by atoms with Crippen LogP contribution in [0.25, 0.3) is 0 Å². The van der Waals surface area contributed by atoms with Crippen LogP contribution in [0.3, 0.4) is 0 Å². The summed E-state index contributed by atoms with van der Waals surface area (Å²) in [6, 6.07) is 13.6. The second-order valence-electron chi connectivity index (χ2n) is 7.79. The van der Waals surface area contributed by atoms with Crippen LogP contribution in [0.2, 0.25) is 0 Å². The van der Waals surface area contributed by atoms with Crippen LogP contribution in [0.4, 0.5) is 5.69 Å². The van der Waals surface area contributed by atoms with E-state index < -0.39 is 11.4 Å². The van der Waals surface area contributed by atoms with Gasteiger partial charge in [0.1, 0.15) is 18.1 Å². The van der Waals surface area contributed by atoms with E-state index in [-0.39, 0.29) is 5.91 Å². The zero-order valence-corrected chi connectivity index (χ0v) is 18.2. The van der Waals surface area contributed by atoms with Gasteiger partial charge in [0.05, 0.1) is 16.8 Å². The molecule has 0 fully saturated rings. The van der Waals surface area contributed by atoms with Crippen molar-refractivity contribution in [2.45, 2.75) is 27.4 Å². The molecule has 0 aliphatic carbocycles. The Balaban J connectivity index is 1.58. The molecule has 0 unspecified atom stereocenters. The average Bonchev–Trinajstić information content (AvgIpc) is 3.25. The number of hydrogen-bond donors (Lipinski definition) is 0. The molecule has 1 aromatic heterocycles. The van der Waals surface area contributed by atoms with Crippen LogP contribution in [0.1, 0.15) is 36.8 Å². The fourth-order valence-electron chi connectivity index (χ4n) is 2.68. The highest BCUT2D eigenvalue weighted by Crippen LogP contribution is 2.24. The molecule has 7 heteroatoms. The van der Waals surface area contributed by atoms with Gasteiger partial charge in [0.15, 0.2) is 0 Å². The molecule has 0 N–H and O–H groups in total. The van der Waals surface area contributed by atoms with E-state index in [0.29, 0.717) is 23.7 Å². The number of esters is 1. The van der Waals surface area contributed by atoms with Gasteiger partial charge in [0.25, 0.3) is 0 Å². The number of thiazole rings is 1. The Morgan fingerprint density at radius 2 is 1.63 bits per heavy atom. The van der Waals surface area contributed by atoms with E-state index >= 15 is 0 Å². The molecule has 0 bridgehead atoms. The first-order valence-electron chi connectivity index (χ1n) is 9.44. The molecule has 1 heterocycles. The van der Waals surface area contributed by atoms with E-state index in [1.807, 2.05) is 26.2 Å². The standard InChI is InChI=1S/C23H24N2O4S/c1-23(2,3)22(27)25(4)18-7-11-20(12-8-18)29-21(26)16-5-9-19(10-6-16)28-13-17-14-30-15-24-17/h5-12,14-15H,13H2,1-4H3. The number of nitrogens with zero attached hydrogens (tertiary/aromatic N) is 2. The summed E-state index contributed by atoms with van der Waals surface area (Å²) in [7, 11) is 1.73. The quantitative estimate of drug-likeness (QED) is 0.414. The van der Waals surface area contributed by atoms with E-state index in [9.17, 15) is 9.59 Å². The average molecular weight is 425 g/mol. The molecular formula is C23H24N2O4S. The number of hydrogen-bond acceptors (Lipinski definition) is 6. The monoisotopic (exact) mass is 424 g/mol.